The summed E-state index contributed by atoms with van der Waals surface area (Å²) in [6.45, 7) is 4.40. The molecule has 3 aliphatic heterocycles. The number of ether oxygens (including phenoxy) is 1. The molecule has 4 unspecified atom stereocenters. The van der Waals surface area contributed by atoms with Crippen molar-refractivity contribution >= 4 is 11.6 Å². The summed E-state index contributed by atoms with van der Waals surface area (Å²) in [4.78, 5) is 15.1. The first-order chi connectivity index (χ1) is 12.6. The number of nitrogens with two attached hydrogens (primary N) is 1. The summed E-state index contributed by atoms with van der Waals surface area (Å²) >= 11 is 0. The van der Waals surface area contributed by atoms with Gasteiger partial charge < -0.3 is 15.8 Å². The van der Waals surface area contributed by atoms with Gasteiger partial charge in [-0.1, -0.05) is 12.1 Å². The van der Waals surface area contributed by atoms with Crippen LogP contribution in [0.2, 0.25) is 0 Å². The maximum absolute atomic E-state index is 12.6. The molecule has 0 spiro atoms. The third-order valence-electron chi connectivity index (χ3n) is 5.63. The second-order valence-electron chi connectivity index (χ2n) is 7.37. The molecule has 2 bridgehead atoms. The average molecular weight is 351 g/mol. The van der Waals surface area contributed by atoms with Gasteiger partial charge in [-0.2, -0.15) is 0 Å². The maximum atomic E-state index is 12.6. The minimum atomic E-state index is -0.0119. The Morgan fingerprint density at radius 3 is 2.62 bits per heavy atom. The number of rotatable bonds is 4. The SMILES string of the molecule is CC1CC2CCN1CC2NC(=O)c1ccc(Oc2ccccc2N)cc1. The van der Waals surface area contributed by atoms with Crippen molar-refractivity contribution in [2.24, 2.45) is 5.92 Å². The molecule has 3 fully saturated rings. The Morgan fingerprint density at radius 2 is 1.96 bits per heavy atom. The molecule has 3 aliphatic rings. The van der Waals surface area contributed by atoms with E-state index in [4.69, 9.17) is 10.5 Å². The molecule has 4 atom stereocenters. The normalized spacial score (nSPS) is 27.1. The van der Waals surface area contributed by atoms with Crippen molar-refractivity contribution in [3.8, 4) is 11.5 Å². The molecular weight excluding hydrogens is 326 g/mol. The quantitative estimate of drug-likeness (QED) is 0.830. The average Bonchev–Trinajstić information content (AvgIpc) is 2.65. The first-order valence-electron chi connectivity index (χ1n) is 9.27. The highest BCUT2D eigenvalue weighted by Gasteiger charge is 2.38. The number of carbonyl (C=O) groups excluding carboxylic acids is 1. The van der Waals surface area contributed by atoms with E-state index in [-0.39, 0.29) is 11.9 Å². The third-order valence-corrected chi connectivity index (χ3v) is 5.63. The second-order valence-corrected chi connectivity index (χ2v) is 7.37. The van der Waals surface area contributed by atoms with Crippen LogP contribution in [-0.2, 0) is 0 Å². The molecule has 5 heteroatoms. The Bertz CT molecular complexity index is 790. The van der Waals surface area contributed by atoms with Gasteiger partial charge in [0.2, 0.25) is 0 Å². The number of hydrogen-bond donors (Lipinski definition) is 2. The summed E-state index contributed by atoms with van der Waals surface area (Å²) in [6, 6.07) is 15.5. The molecule has 3 saturated heterocycles. The number of para-hydroxylation sites is 2. The molecule has 136 valence electrons. The van der Waals surface area contributed by atoms with Gasteiger partial charge in [-0.15, -0.1) is 0 Å². The van der Waals surface area contributed by atoms with Crippen LogP contribution < -0.4 is 15.8 Å². The van der Waals surface area contributed by atoms with Crippen LogP contribution in [0.4, 0.5) is 5.69 Å². The fraction of sp³-hybridized carbons (Fsp3) is 0.381. The number of amides is 1. The van der Waals surface area contributed by atoms with E-state index in [1.165, 1.54) is 12.8 Å². The molecule has 1 amide bonds. The van der Waals surface area contributed by atoms with Gasteiger partial charge in [-0.25, -0.2) is 0 Å². The number of nitrogens with one attached hydrogen (secondary N) is 1. The van der Waals surface area contributed by atoms with Gasteiger partial charge in [0, 0.05) is 24.2 Å². The Morgan fingerprint density at radius 1 is 1.19 bits per heavy atom. The van der Waals surface area contributed by atoms with Crippen LogP contribution in [0.1, 0.15) is 30.1 Å². The lowest BCUT2D eigenvalue weighted by molar-refractivity contribution is 0.0274. The largest absolute Gasteiger partial charge is 0.455 e. The van der Waals surface area contributed by atoms with Crippen LogP contribution in [0.5, 0.6) is 11.5 Å². The fourth-order valence-electron chi connectivity index (χ4n) is 4.09. The Hall–Kier alpha value is -2.53. The van der Waals surface area contributed by atoms with Crippen LogP contribution in [0, 0.1) is 5.92 Å². The molecule has 26 heavy (non-hydrogen) atoms. The van der Waals surface area contributed by atoms with Gasteiger partial charge in [0.15, 0.2) is 0 Å². The molecule has 0 aromatic heterocycles. The number of hydrogen-bond acceptors (Lipinski definition) is 4. The molecule has 2 aromatic rings. The molecule has 3 heterocycles. The van der Waals surface area contributed by atoms with Crippen molar-refractivity contribution in [3.05, 3.63) is 54.1 Å². The maximum Gasteiger partial charge on any atom is 0.251 e. The van der Waals surface area contributed by atoms with E-state index < -0.39 is 0 Å². The zero-order chi connectivity index (χ0) is 18.1. The monoisotopic (exact) mass is 351 g/mol. The second kappa shape index (κ2) is 7.00. The highest BCUT2D eigenvalue weighted by molar-refractivity contribution is 5.94. The predicted octanol–water partition coefficient (Wildman–Crippen LogP) is 3.27. The van der Waals surface area contributed by atoms with Crippen LogP contribution in [0.15, 0.2) is 48.5 Å². The Balaban J connectivity index is 1.39. The van der Waals surface area contributed by atoms with Crippen molar-refractivity contribution < 1.29 is 9.53 Å². The first kappa shape index (κ1) is 16.9. The van der Waals surface area contributed by atoms with E-state index in [1.54, 1.807) is 30.3 Å². The van der Waals surface area contributed by atoms with Crippen LogP contribution in [0.25, 0.3) is 0 Å². The van der Waals surface area contributed by atoms with Crippen LogP contribution in [0.3, 0.4) is 0 Å². The number of nitrogen functional groups attached to an aromatic ring is 1. The summed E-state index contributed by atoms with van der Waals surface area (Å²) in [5, 5.41) is 3.22. The standard InChI is InChI=1S/C21H25N3O2/c1-14-12-16-10-11-24(14)13-19(16)23-21(25)15-6-8-17(9-7-15)26-20-5-3-2-4-18(20)22/h2-9,14,16,19H,10-13,22H2,1H3,(H,23,25). The molecule has 0 aliphatic carbocycles. The highest BCUT2D eigenvalue weighted by atomic mass is 16.5. The Labute approximate surface area is 154 Å². The van der Waals surface area contributed by atoms with Crippen LogP contribution >= 0.6 is 0 Å². The predicted molar refractivity (Wildman–Crippen MR) is 102 cm³/mol. The van der Waals surface area contributed by atoms with Crippen molar-refractivity contribution in [2.45, 2.75) is 31.8 Å². The molecule has 5 rings (SSSR count). The van der Waals surface area contributed by atoms with E-state index >= 15 is 0 Å². The summed E-state index contributed by atoms with van der Waals surface area (Å²) in [5.41, 5.74) is 7.14. The summed E-state index contributed by atoms with van der Waals surface area (Å²) in [7, 11) is 0. The Kier molecular flexibility index (Phi) is 4.55. The lowest BCUT2D eigenvalue weighted by Gasteiger charge is -2.48. The highest BCUT2D eigenvalue weighted by Crippen LogP contribution is 2.32. The fourth-order valence-corrected chi connectivity index (χ4v) is 4.09. The van der Waals surface area contributed by atoms with E-state index in [9.17, 15) is 4.79 Å². The molecule has 5 nitrogen and oxygen atoms in total. The molecule has 0 saturated carbocycles. The molecule has 0 radical (unpaired) electrons. The number of anilines is 1. The number of piperidine rings is 3. The number of benzene rings is 2. The molecule has 3 N–H and O–H groups in total. The first-order valence-corrected chi connectivity index (χ1v) is 9.27. The minimum absolute atomic E-state index is 0.0119. The molecular formula is C21H25N3O2. The van der Waals surface area contributed by atoms with Gasteiger partial charge in [-0.05, 0) is 68.6 Å². The van der Waals surface area contributed by atoms with Crippen LogP contribution in [-0.4, -0.2) is 36.0 Å². The minimum Gasteiger partial charge on any atom is -0.455 e. The van der Waals surface area contributed by atoms with E-state index in [0.717, 1.165) is 13.1 Å². The lowest BCUT2D eigenvalue weighted by Crippen LogP contribution is -2.60. The number of carbonyl (C=O) groups is 1. The van der Waals surface area contributed by atoms with Crippen molar-refractivity contribution in [3.63, 3.8) is 0 Å². The topological polar surface area (TPSA) is 67.6 Å². The zero-order valence-corrected chi connectivity index (χ0v) is 15.0. The summed E-state index contributed by atoms with van der Waals surface area (Å²) in [6.07, 6.45) is 2.36. The number of nitrogens with zero attached hydrogens (tertiary/aromatic N) is 1. The smallest absolute Gasteiger partial charge is 0.251 e. The number of fused-ring (bicyclic) bond motifs is 3. The summed E-state index contributed by atoms with van der Waals surface area (Å²) < 4.78 is 5.78. The van der Waals surface area contributed by atoms with E-state index in [0.29, 0.717) is 34.7 Å². The van der Waals surface area contributed by atoms with Gasteiger partial charge in [0.1, 0.15) is 11.5 Å². The van der Waals surface area contributed by atoms with Crippen molar-refractivity contribution in [1.29, 1.82) is 0 Å². The molecule has 2 aromatic carbocycles. The van der Waals surface area contributed by atoms with E-state index in [2.05, 4.69) is 17.1 Å². The van der Waals surface area contributed by atoms with Gasteiger partial charge in [-0.3, -0.25) is 9.69 Å². The van der Waals surface area contributed by atoms with Gasteiger partial charge >= 0.3 is 0 Å². The van der Waals surface area contributed by atoms with Crippen molar-refractivity contribution in [2.75, 3.05) is 18.8 Å². The lowest BCUT2D eigenvalue weighted by atomic mass is 9.80. The van der Waals surface area contributed by atoms with Gasteiger partial charge in [0.05, 0.1) is 5.69 Å². The van der Waals surface area contributed by atoms with Crippen molar-refractivity contribution in [1.82, 2.24) is 10.2 Å². The third kappa shape index (κ3) is 3.40. The van der Waals surface area contributed by atoms with Gasteiger partial charge in [0.25, 0.3) is 5.91 Å². The van der Waals surface area contributed by atoms with E-state index in [1.807, 2.05) is 18.2 Å². The zero-order valence-electron chi connectivity index (χ0n) is 15.0. The summed E-state index contributed by atoms with van der Waals surface area (Å²) in [5.74, 6) is 1.87.